The van der Waals surface area contributed by atoms with Gasteiger partial charge in [-0.25, -0.2) is 4.79 Å². The van der Waals surface area contributed by atoms with Crippen LogP contribution < -0.4 is 0 Å². The lowest BCUT2D eigenvalue weighted by Crippen LogP contribution is -2.53. The van der Waals surface area contributed by atoms with Gasteiger partial charge >= 0.3 is 6.03 Å². The van der Waals surface area contributed by atoms with E-state index in [-0.39, 0.29) is 18.0 Å². The van der Waals surface area contributed by atoms with Crippen LogP contribution in [0.3, 0.4) is 0 Å². The van der Waals surface area contributed by atoms with Crippen LogP contribution in [0, 0.1) is 0 Å². The molecular formula is C16H29N5O2. The van der Waals surface area contributed by atoms with Crippen LogP contribution in [0.4, 0.5) is 4.79 Å². The van der Waals surface area contributed by atoms with E-state index in [2.05, 4.69) is 35.8 Å². The van der Waals surface area contributed by atoms with Gasteiger partial charge in [-0.2, -0.15) is 4.98 Å². The monoisotopic (exact) mass is 323 g/mol. The molecule has 0 spiro atoms. The Morgan fingerprint density at radius 2 is 1.78 bits per heavy atom. The van der Waals surface area contributed by atoms with Crippen LogP contribution >= 0.6 is 0 Å². The Morgan fingerprint density at radius 3 is 2.26 bits per heavy atom. The normalized spacial score (nSPS) is 17.6. The molecule has 1 aromatic heterocycles. The highest BCUT2D eigenvalue weighted by Gasteiger charge is 2.29. The molecule has 1 aromatic rings. The lowest BCUT2D eigenvalue weighted by molar-refractivity contribution is 0.0866. The minimum atomic E-state index is 0.0840. The predicted molar refractivity (Wildman–Crippen MR) is 88.3 cm³/mol. The van der Waals surface area contributed by atoms with Crippen molar-refractivity contribution in [2.45, 2.75) is 46.6 Å². The summed E-state index contributed by atoms with van der Waals surface area (Å²) in [5.41, 5.74) is 0. The molecule has 2 heterocycles. The van der Waals surface area contributed by atoms with Crippen molar-refractivity contribution < 1.29 is 9.32 Å². The fraction of sp³-hybridized carbons (Fsp3) is 0.812. The molecule has 0 bridgehead atoms. The molecule has 1 atom stereocenters. The Morgan fingerprint density at radius 1 is 1.17 bits per heavy atom. The Labute approximate surface area is 138 Å². The highest BCUT2D eigenvalue weighted by molar-refractivity contribution is 5.74. The molecular weight excluding hydrogens is 294 g/mol. The molecule has 1 unspecified atom stereocenters. The number of hydrogen-bond donors (Lipinski definition) is 0. The molecule has 1 aliphatic rings. The third-order valence-corrected chi connectivity index (χ3v) is 4.50. The van der Waals surface area contributed by atoms with Crippen molar-refractivity contribution in [1.82, 2.24) is 24.8 Å². The van der Waals surface area contributed by atoms with Crippen molar-refractivity contribution in [3.8, 4) is 0 Å². The van der Waals surface area contributed by atoms with Crippen LogP contribution in [0.1, 0.15) is 58.3 Å². The first-order valence-corrected chi connectivity index (χ1v) is 8.59. The quantitative estimate of drug-likeness (QED) is 0.832. The third kappa shape index (κ3) is 4.02. The van der Waals surface area contributed by atoms with Gasteiger partial charge in [0.15, 0.2) is 5.82 Å². The first kappa shape index (κ1) is 17.7. The molecule has 23 heavy (non-hydrogen) atoms. The molecule has 2 amide bonds. The van der Waals surface area contributed by atoms with Crippen LogP contribution in [0.25, 0.3) is 0 Å². The molecule has 0 N–H and O–H groups in total. The Kier molecular flexibility index (Phi) is 5.98. The summed E-state index contributed by atoms with van der Waals surface area (Å²) in [6.07, 6.45) is 0. The zero-order valence-corrected chi connectivity index (χ0v) is 14.9. The third-order valence-electron chi connectivity index (χ3n) is 4.50. The molecule has 1 aliphatic heterocycles. The zero-order valence-electron chi connectivity index (χ0n) is 14.9. The number of rotatable bonds is 5. The fourth-order valence-electron chi connectivity index (χ4n) is 2.80. The van der Waals surface area contributed by atoms with Crippen LogP contribution in [0.2, 0.25) is 0 Å². The number of carbonyl (C=O) groups is 1. The molecule has 7 nitrogen and oxygen atoms in total. The van der Waals surface area contributed by atoms with Gasteiger partial charge in [-0.1, -0.05) is 19.0 Å². The molecule has 0 saturated carbocycles. The largest absolute Gasteiger partial charge is 0.338 e. The maximum Gasteiger partial charge on any atom is 0.320 e. The Bertz CT molecular complexity index is 504. The number of hydrogen-bond acceptors (Lipinski definition) is 5. The van der Waals surface area contributed by atoms with E-state index in [9.17, 15) is 4.79 Å². The summed E-state index contributed by atoms with van der Waals surface area (Å²) in [6, 6.07) is 0.225. The topological polar surface area (TPSA) is 65.7 Å². The summed E-state index contributed by atoms with van der Waals surface area (Å²) in [4.78, 5) is 23.0. The first-order valence-electron chi connectivity index (χ1n) is 8.59. The summed E-state index contributed by atoms with van der Waals surface area (Å²) < 4.78 is 5.40. The maximum atomic E-state index is 12.4. The van der Waals surface area contributed by atoms with Crippen molar-refractivity contribution >= 4 is 6.03 Å². The summed E-state index contributed by atoms with van der Waals surface area (Å²) in [5.74, 6) is 1.68. The summed E-state index contributed by atoms with van der Waals surface area (Å²) >= 11 is 0. The van der Waals surface area contributed by atoms with Gasteiger partial charge in [0.25, 0.3) is 0 Å². The fourth-order valence-corrected chi connectivity index (χ4v) is 2.80. The van der Waals surface area contributed by atoms with Gasteiger partial charge < -0.3 is 14.3 Å². The number of nitrogens with zero attached hydrogens (tertiary/aromatic N) is 5. The molecule has 0 aliphatic carbocycles. The standard InChI is InChI=1S/C16H29N5O2/c1-6-19(7-2)16(22)21-10-8-20(9-11-21)13(5)15-17-14(12(3)4)18-23-15/h12-13H,6-11H2,1-5H3. The molecule has 1 saturated heterocycles. The second-order valence-corrected chi connectivity index (χ2v) is 6.30. The van der Waals surface area contributed by atoms with E-state index in [4.69, 9.17) is 4.52 Å². The SMILES string of the molecule is CCN(CC)C(=O)N1CCN(C(C)c2nc(C(C)C)no2)CC1. The summed E-state index contributed by atoms with van der Waals surface area (Å²) in [5, 5.41) is 4.04. The van der Waals surface area contributed by atoms with E-state index < -0.39 is 0 Å². The van der Waals surface area contributed by atoms with E-state index in [1.54, 1.807) is 0 Å². The molecule has 0 radical (unpaired) electrons. The average molecular weight is 323 g/mol. The number of amides is 2. The molecule has 7 heteroatoms. The molecule has 1 fully saturated rings. The van der Waals surface area contributed by atoms with Gasteiger partial charge in [0.2, 0.25) is 5.89 Å². The number of carbonyl (C=O) groups excluding carboxylic acids is 1. The van der Waals surface area contributed by atoms with Crippen molar-refractivity contribution in [3.63, 3.8) is 0 Å². The van der Waals surface area contributed by atoms with Gasteiger partial charge in [0.1, 0.15) is 0 Å². The second kappa shape index (κ2) is 7.77. The minimum Gasteiger partial charge on any atom is -0.338 e. The second-order valence-electron chi connectivity index (χ2n) is 6.30. The van der Waals surface area contributed by atoms with Crippen molar-refractivity contribution in [2.24, 2.45) is 0 Å². The lowest BCUT2D eigenvalue weighted by Gasteiger charge is -2.38. The highest BCUT2D eigenvalue weighted by Crippen LogP contribution is 2.22. The van der Waals surface area contributed by atoms with E-state index in [1.807, 2.05) is 23.6 Å². The van der Waals surface area contributed by atoms with E-state index in [0.29, 0.717) is 5.89 Å². The van der Waals surface area contributed by atoms with Crippen LogP contribution in [-0.2, 0) is 0 Å². The van der Waals surface area contributed by atoms with Gasteiger partial charge in [-0.15, -0.1) is 0 Å². The zero-order chi connectivity index (χ0) is 17.0. The Hall–Kier alpha value is -1.63. The van der Waals surface area contributed by atoms with Crippen LogP contribution in [0.15, 0.2) is 4.52 Å². The number of aromatic nitrogens is 2. The lowest BCUT2D eigenvalue weighted by atomic mass is 10.2. The van der Waals surface area contributed by atoms with Crippen molar-refractivity contribution in [1.29, 1.82) is 0 Å². The maximum absolute atomic E-state index is 12.4. The average Bonchev–Trinajstić information content (AvgIpc) is 3.05. The van der Waals surface area contributed by atoms with Gasteiger partial charge in [0.05, 0.1) is 6.04 Å². The van der Waals surface area contributed by atoms with E-state index >= 15 is 0 Å². The van der Waals surface area contributed by atoms with Gasteiger partial charge in [-0.3, -0.25) is 4.90 Å². The van der Waals surface area contributed by atoms with Crippen molar-refractivity contribution in [2.75, 3.05) is 39.3 Å². The molecule has 130 valence electrons. The first-order chi connectivity index (χ1) is 11.0. The van der Waals surface area contributed by atoms with Crippen LogP contribution in [0.5, 0.6) is 0 Å². The minimum absolute atomic E-state index is 0.0840. The van der Waals surface area contributed by atoms with E-state index in [1.165, 1.54) is 0 Å². The number of piperazine rings is 1. The van der Waals surface area contributed by atoms with Gasteiger partial charge in [-0.05, 0) is 20.8 Å². The predicted octanol–water partition coefficient (Wildman–Crippen LogP) is 2.33. The highest BCUT2D eigenvalue weighted by atomic mass is 16.5. The summed E-state index contributed by atoms with van der Waals surface area (Å²) in [6.45, 7) is 14.9. The van der Waals surface area contributed by atoms with Crippen molar-refractivity contribution in [3.05, 3.63) is 11.7 Å². The van der Waals surface area contributed by atoms with E-state index in [0.717, 1.165) is 45.1 Å². The van der Waals surface area contributed by atoms with Gasteiger partial charge in [0, 0.05) is 45.2 Å². The molecule has 2 rings (SSSR count). The number of urea groups is 1. The summed E-state index contributed by atoms with van der Waals surface area (Å²) in [7, 11) is 0. The molecule has 0 aromatic carbocycles. The smallest absolute Gasteiger partial charge is 0.320 e. The van der Waals surface area contributed by atoms with Crippen LogP contribution in [-0.4, -0.2) is 70.1 Å². The Balaban J connectivity index is 1.91.